The van der Waals surface area contributed by atoms with E-state index in [0.29, 0.717) is 11.8 Å². The van der Waals surface area contributed by atoms with Crippen LogP contribution in [0, 0.1) is 0 Å². The number of rotatable bonds is 7. The number of halogens is 1. The van der Waals surface area contributed by atoms with Crippen LogP contribution in [-0.2, 0) is 11.4 Å². The van der Waals surface area contributed by atoms with Gasteiger partial charge >= 0.3 is 5.97 Å². The van der Waals surface area contributed by atoms with E-state index >= 15 is 0 Å². The van der Waals surface area contributed by atoms with E-state index in [2.05, 4.69) is 25.9 Å². The zero-order valence-corrected chi connectivity index (χ0v) is 18.1. The van der Waals surface area contributed by atoms with Gasteiger partial charge in [0.15, 0.2) is 5.16 Å². The Labute approximate surface area is 185 Å². The summed E-state index contributed by atoms with van der Waals surface area (Å²) in [7, 11) is 0. The third kappa shape index (κ3) is 5.11. The molecule has 3 aromatic carbocycles. The number of carbonyl (C=O) groups is 1. The van der Waals surface area contributed by atoms with Crippen molar-refractivity contribution in [2.75, 3.05) is 0 Å². The van der Waals surface area contributed by atoms with E-state index < -0.39 is 5.97 Å². The summed E-state index contributed by atoms with van der Waals surface area (Å²) in [6.07, 6.45) is 1.62. The summed E-state index contributed by atoms with van der Waals surface area (Å²) in [6, 6.07) is 22.8. The molecule has 7 heteroatoms. The van der Waals surface area contributed by atoms with Gasteiger partial charge in [0.2, 0.25) is 0 Å². The summed E-state index contributed by atoms with van der Waals surface area (Å²) in [6.45, 7) is 0.463. The van der Waals surface area contributed by atoms with Gasteiger partial charge in [0.1, 0.15) is 17.3 Å². The number of hydrogen-bond donors (Lipinski definition) is 2. The Morgan fingerprint density at radius 2 is 1.80 bits per heavy atom. The number of fused-ring (bicyclic) bond motifs is 1. The van der Waals surface area contributed by atoms with Crippen molar-refractivity contribution in [2.45, 2.75) is 11.8 Å². The summed E-state index contributed by atoms with van der Waals surface area (Å²) in [4.78, 5) is 19.5. The molecule has 4 aromatic rings. The van der Waals surface area contributed by atoms with E-state index in [0.717, 1.165) is 44.1 Å². The molecule has 0 atom stereocenters. The number of benzene rings is 3. The second kappa shape index (κ2) is 9.19. The molecule has 0 fully saturated rings. The van der Waals surface area contributed by atoms with Gasteiger partial charge in [-0.1, -0.05) is 52.3 Å². The van der Waals surface area contributed by atoms with Crippen LogP contribution in [0.15, 0.2) is 87.3 Å². The average Bonchev–Trinajstić information content (AvgIpc) is 3.16. The number of aromatic amines is 1. The number of thioether (sulfide) groups is 1. The van der Waals surface area contributed by atoms with Gasteiger partial charge in [0.25, 0.3) is 0 Å². The number of nitrogens with zero attached hydrogens (tertiary/aromatic N) is 1. The van der Waals surface area contributed by atoms with Gasteiger partial charge in [-0.2, -0.15) is 0 Å². The van der Waals surface area contributed by atoms with Gasteiger partial charge in [0.05, 0.1) is 11.0 Å². The number of carboxylic acid groups (broad SMARTS) is 1. The number of imidazole rings is 1. The van der Waals surface area contributed by atoms with Crippen molar-refractivity contribution in [2.24, 2.45) is 0 Å². The molecule has 0 radical (unpaired) electrons. The fourth-order valence-corrected chi connectivity index (χ4v) is 3.84. The van der Waals surface area contributed by atoms with Crippen LogP contribution in [-0.4, -0.2) is 21.0 Å². The molecule has 0 spiro atoms. The molecule has 2 N–H and O–H groups in total. The van der Waals surface area contributed by atoms with Gasteiger partial charge in [-0.3, -0.25) is 0 Å². The highest BCUT2D eigenvalue weighted by Gasteiger charge is 2.13. The summed E-state index contributed by atoms with van der Waals surface area (Å²) in [5.41, 5.74) is 3.51. The Morgan fingerprint density at radius 1 is 1.07 bits per heavy atom. The molecule has 0 aliphatic rings. The molecule has 1 aromatic heterocycles. The first-order valence-corrected chi connectivity index (χ1v) is 10.7. The molecule has 4 rings (SSSR count). The van der Waals surface area contributed by atoms with Crippen molar-refractivity contribution in [1.82, 2.24) is 9.97 Å². The maximum atomic E-state index is 11.7. The number of aliphatic carboxylic acids is 1. The molecule has 0 aliphatic carbocycles. The lowest BCUT2D eigenvalue weighted by Crippen LogP contribution is -1.97. The van der Waals surface area contributed by atoms with Crippen LogP contribution in [0.5, 0.6) is 5.75 Å². The van der Waals surface area contributed by atoms with E-state index in [1.165, 1.54) is 0 Å². The minimum atomic E-state index is -1.00. The number of ether oxygens (including phenoxy) is 1. The van der Waals surface area contributed by atoms with Gasteiger partial charge in [-0.25, -0.2) is 9.78 Å². The smallest absolute Gasteiger partial charge is 0.342 e. The third-order valence-corrected chi connectivity index (χ3v) is 5.71. The van der Waals surface area contributed by atoms with Gasteiger partial charge in [-0.05, 0) is 65.4 Å². The number of carboxylic acids is 1. The number of nitrogens with one attached hydrogen (secondary N) is 1. The summed E-state index contributed by atoms with van der Waals surface area (Å²) < 4.78 is 6.82. The number of H-pyrrole nitrogens is 1. The molecule has 150 valence electrons. The van der Waals surface area contributed by atoms with Crippen LogP contribution in [0.3, 0.4) is 0 Å². The van der Waals surface area contributed by atoms with E-state index in [1.807, 2.05) is 72.8 Å². The van der Waals surface area contributed by atoms with E-state index in [4.69, 9.17) is 4.74 Å². The lowest BCUT2D eigenvalue weighted by molar-refractivity contribution is -0.131. The SMILES string of the molecule is O=C(O)/C(=C/c1ccc(OCc2ccc(Br)cc2)cc1)Sc1nc2ccccc2[nH]1. The molecule has 0 saturated carbocycles. The van der Waals surface area contributed by atoms with Crippen LogP contribution in [0.1, 0.15) is 11.1 Å². The van der Waals surface area contributed by atoms with E-state index in [9.17, 15) is 9.90 Å². The second-order valence-electron chi connectivity index (χ2n) is 6.46. The zero-order valence-electron chi connectivity index (χ0n) is 15.7. The first kappa shape index (κ1) is 20.3. The van der Waals surface area contributed by atoms with Crippen molar-refractivity contribution in [3.8, 4) is 5.75 Å². The summed E-state index contributed by atoms with van der Waals surface area (Å²) in [5.74, 6) is -0.284. The Balaban J connectivity index is 1.45. The first-order valence-electron chi connectivity index (χ1n) is 9.12. The van der Waals surface area contributed by atoms with Crippen molar-refractivity contribution in [1.29, 1.82) is 0 Å². The quantitative estimate of drug-likeness (QED) is 0.246. The Kier molecular flexibility index (Phi) is 6.21. The highest BCUT2D eigenvalue weighted by atomic mass is 79.9. The van der Waals surface area contributed by atoms with Gasteiger partial charge < -0.3 is 14.8 Å². The Morgan fingerprint density at radius 3 is 2.50 bits per heavy atom. The Hall–Kier alpha value is -3.03. The molecule has 30 heavy (non-hydrogen) atoms. The topological polar surface area (TPSA) is 75.2 Å². The fraction of sp³-hybridized carbons (Fsp3) is 0.0435. The molecule has 5 nitrogen and oxygen atoms in total. The largest absolute Gasteiger partial charge is 0.489 e. The van der Waals surface area contributed by atoms with Gasteiger partial charge in [-0.15, -0.1) is 0 Å². The zero-order chi connectivity index (χ0) is 20.9. The molecule has 0 bridgehead atoms. The number of hydrogen-bond acceptors (Lipinski definition) is 4. The maximum absolute atomic E-state index is 11.7. The fourth-order valence-electron chi connectivity index (χ4n) is 2.78. The monoisotopic (exact) mass is 480 g/mol. The molecule has 0 unspecified atom stereocenters. The average molecular weight is 481 g/mol. The van der Waals surface area contributed by atoms with Crippen LogP contribution < -0.4 is 4.74 Å². The minimum Gasteiger partial charge on any atom is -0.489 e. The van der Waals surface area contributed by atoms with Crippen molar-refractivity contribution < 1.29 is 14.6 Å². The summed E-state index contributed by atoms with van der Waals surface area (Å²) >= 11 is 4.50. The minimum absolute atomic E-state index is 0.178. The highest BCUT2D eigenvalue weighted by molar-refractivity contribution is 9.10. The number of para-hydroxylation sites is 2. The molecule has 0 saturated heterocycles. The van der Waals surface area contributed by atoms with Crippen LogP contribution in [0.2, 0.25) is 0 Å². The van der Waals surface area contributed by atoms with Crippen LogP contribution in [0.4, 0.5) is 0 Å². The van der Waals surface area contributed by atoms with Crippen LogP contribution >= 0.6 is 27.7 Å². The lowest BCUT2D eigenvalue weighted by atomic mass is 10.2. The van der Waals surface area contributed by atoms with Crippen molar-refractivity contribution in [3.63, 3.8) is 0 Å². The van der Waals surface area contributed by atoms with Crippen molar-refractivity contribution in [3.05, 3.63) is 93.3 Å². The molecular formula is C23H17BrN2O3S. The number of aromatic nitrogens is 2. The summed E-state index contributed by atoms with van der Waals surface area (Å²) in [5, 5.41) is 10.1. The second-order valence-corrected chi connectivity index (χ2v) is 8.41. The van der Waals surface area contributed by atoms with Crippen LogP contribution in [0.25, 0.3) is 17.1 Å². The van der Waals surface area contributed by atoms with Crippen molar-refractivity contribution >= 4 is 50.8 Å². The predicted molar refractivity (Wildman–Crippen MR) is 122 cm³/mol. The molecular weight excluding hydrogens is 464 g/mol. The highest BCUT2D eigenvalue weighted by Crippen LogP contribution is 2.28. The van der Waals surface area contributed by atoms with E-state index in [-0.39, 0.29) is 4.91 Å². The Bertz CT molecular complexity index is 1170. The lowest BCUT2D eigenvalue weighted by Gasteiger charge is -2.07. The third-order valence-electron chi connectivity index (χ3n) is 4.28. The maximum Gasteiger partial charge on any atom is 0.342 e. The molecule has 0 aliphatic heterocycles. The predicted octanol–water partition coefficient (Wildman–Crippen LogP) is 6.12. The van der Waals surface area contributed by atoms with E-state index in [1.54, 1.807) is 6.08 Å². The normalized spacial score (nSPS) is 11.6. The first-order chi connectivity index (χ1) is 14.6. The molecule has 1 heterocycles. The molecule has 0 amide bonds. The van der Waals surface area contributed by atoms with Gasteiger partial charge in [0, 0.05) is 4.47 Å². The standard InChI is InChI=1S/C23H17BrN2O3S/c24-17-9-5-16(6-10-17)14-29-18-11-7-15(8-12-18)13-21(22(27)28)30-23-25-19-3-1-2-4-20(19)26-23/h1-13H,14H2,(H,25,26)(H,27,28)/b21-13-.